The molecule has 0 spiro atoms. The SMILES string of the molecule is CCNC(=O)C1=C(O)c2ccccc2S(=O)(=O)[N+]1(C)c1ncc(C)s1. The van der Waals surface area contributed by atoms with E-state index in [0.29, 0.717) is 6.54 Å². The molecular weight excluding hydrogens is 362 g/mol. The molecule has 1 aliphatic heterocycles. The monoisotopic (exact) mass is 380 g/mol. The Bertz CT molecular complexity index is 994. The highest BCUT2D eigenvalue weighted by atomic mass is 32.2. The van der Waals surface area contributed by atoms with Crippen molar-refractivity contribution in [2.24, 2.45) is 0 Å². The summed E-state index contributed by atoms with van der Waals surface area (Å²) >= 11 is 1.17. The van der Waals surface area contributed by atoms with Gasteiger partial charge in [-0.1, -0.05) is 23.5 Å². The largest absolute Gasteiger partial charge is 0.502 e. The first-order chi connectivity index (χ1) is 11.7. The minimum atomic E-state index is -4.06. The van der Waals surface area contributed by atoms with Crippen molar-refractivity contribution in [2.45, 2.75) is 18.7 Å². The second-order valence-corrected chi connectivity index (χ2v) is 9.04. The summed E-state index contributed by atoms with van der Waals surface area (Å²) in [7, 11) is -2.70. The van der Waals surface area contributed by atoms with Crippen LogP contribution in [0.5, 0.6) is 0 Å². The minimum Gasteiger partial charge on any atom is -0.502 e. The van der Waals surface area contributed by atoms with Gasteiger partial charge in [0.05, 0.1) is 7.05 Å². The highest BCUT2D eigenvalue weighted by Gasteiger charge is 2.56. The highest BCUT2D eigenvalue weighted by molar-refractivity contribution is 7.91. The molecule has 0 aliphatic carbocycles. The zero-order valence-corrected chi connectivity index (χ0v) is 15.6. The molecule has 1 aromatic heterocycles. The van der Waals surface area contributed by atoms with Gasteiger partial charge in [0.1, 0.15) is 4.90 Å². The molecule has 132 valence electrons. The van der Waals surface area contributed by atoms with E-state index >= 15 is 0 Å². The summed E-state index contributed by atoms with van der Waals surface area (Å²) in [6, 6.07) is 6.10. The summed E-state index contributed by atoms with van der Waals surface area (Å²) in [5.41, 5.74) is -0.137. The van der Waals surface area contributed by atoms with Crippen molar-refractivity contribution in [3.05, 3.63) is 46.6 Å². The minimum absolute atomic E-state index is 0.0316. The lowest BCUT2D eigenvalue weighted by Crippen LogP contribution is -2.55. The Morgan fingerprint density at radius 2 is 2.04 bits per heavy atom. The summed E-state index contributed by atoms with van der Waals surface area (Å²) in [5, 5.41) is 13.5. The van der Waals surface area contributed by atoms with E-state index in [4.69, 9.17) is 0 Å². The fourth-order valence-corrected chi connectivity index (χ4v) is 5.74. The number of aliphatic hydroxyl groups excluding tert-OH is 1. The third-order valence-electron chi connectivity index (χ3n) is 4.08. The molecule has 1 aromatic carbocycles. The quantitative estimate of drug-likeness (QED) is 0.796. The van der Waals surface area contributed by atoms with Crippen LogP contribution in [0.2, 0.25) is 0 Å². The van der Waals surface area contributed by atoms with Crippen LogP contribution < -0.4 is 9.21 Å². The number of quaternary nitrogens is 1. The number of carbonyl (C=O) groups is 1. The number of amides is 1. The maximum Gasteiger partial charge on any atom is 0.339 e. The van der Waals surface area contributed by atoms with Crippen LogP contribution in [0.15, 0.2) is 41.1 Å². The van der Waals surface area contributed by atoms with Crippen molar-refractivity contribution < 1.29 is 18.3 Å². The van der Waals surface area contributed by atoms with Crippen LogP contribution in [0, 0.1) is 6.92 Å². The average molecular weight is 380 g/mol. The van der Waals surface area contributed by atoms with E-state index in [1.807, 2.05) is 0 Å². The number of carbonyl (C=O) groups excluding carboxylic acids is 1. The van der Waals surface area contributed by atoms with Gasteiger partial charge < -0.3 is 10.4 Å². The normalized spacial score (nSPS) is 21.7. The number of likely N-dealkylation sites (N-methyl/N-ethyl adjacent to an activating group) is 2. The number of hydrogen-bond donors (Lipinski definition) is 2. The molecule has 7 nitrogen and oxygen atoms in total. The Balaban J connectivity index is 2.43. The second-order valence-electron chi connectivity index (χ2n) is 5.71. The van der Waals surface area contributed by atoms with Gasteiger partial charge in [0.15, 0.2) is 5.76 Å². The molecule has 25 heavy (non-hydrogen) atoms. The number of benzene rings is 1. The maximum absolute atomic E-state index is 13.4. The van der Waals surface area contributed by atoms with Crippen molar-refractivity contribution in [3.8, 4) is 0 Å². The first-order valence-electron chi connectivity index (χ1n) is 7.61. The number of fused-ring (bicyclic) bond motifs is 1. The number of thiazole rings is 1. The molecule has 2 N–H and O–H groups in total. The van der Waals surface area contributed by atoms with Crippen molar-refractivity contribution in [1.29, 1.82) is 0 Å². The van der Waals surface area contributed by atoms with Gasteiger partial charge in [-0.25, -0.2) is 0 Å². The van der Waals surface area contributed by atoms with E-state index in [1.54, 1.807) is 32.2 Å². The summed E-state index contributed by atoms with van der Waals surface area (Å²) in [6.07, 6.45) is 1.55. The lowest BCUT2D eigenvalue weighted by atomic mass is 10.1. The number of nitrogens with one attached hydrogen (secondary N) is 1. The zero-order valence-electron chi connectivity index (χ0n) is 14.0. The van der Waals surface area contributed by atoms with E-state index in [9.17, 15) is 18.3 Å². The van der Waals surface area contributed by atoms with Gasteiger partial charge in [0, 0.05) is 23.2 Å². The predicted molar refractivity (Wildman–Crippen MR) is 96.4 cm³/mol. The Hall–Kier alpha value is -2.23. The number of aliphatic hydroxyl groups is 1. The van der Waals surface area contributed by atoms with Crippen LogP contribution in [0.4, 0.5) is 5.13 Å². The van der Waals surface area contributed by atoms with Crippen molar-refractivity contribution in [1.82, 2.24) is 14.2 Å². The van der Waals surface area contributed by atoms with Gasteiger partial charge in [-0.2, -0.15) is 13.4 Å². The number of hydrogen-bond acceptors (Lipinski definition) is 6. The van der Waals surface area contributed by atoms with Crippen molar-refractivity contribution in [2.75, 3.05) is 13.6 Å². The van der Waals surface area contributed by atoms with E-state index in [0.717, 1.165) is 4.88 Å². The number of sulfonamides is 1. The fraction of sp³-hybridized carbons (Fsp3) is 0.250. The zero-order chi connectivity index (χ0) is 18.4. The second kappa shape index (κ2) is 5.94. The highest BCUT2D eigenvalue weighted by Crippen LogP contribution is 2.45. The standard InChI is InChI=1S/C16H17N3O4S2/c1-4-17-15(21)13-14(20)11-7-5-6-8-12(11)25(22,23)19(13,3)16-18-9-10(2)24-16/h5-9H,4H2,1-3H3,(H-,17,20,21)/p+1. The lowest BCUT2D eigenvalue weighted by molar-refractivity contribution is -0.118. The summed E-state index contributed by atoms with van der Waals surface area (Å²) in [5.74, 6) is -1.000. The summed E-state index contributed by atoms with van der Waals surface area (Å²) < 4.78 is 25.9. The molecule has 1 atom stereocenters. The summed E-state index contributed by atoms with van der Waals surface area (Å²) in [6.45, 7) is 3.82. The fourth-order valence-electron chi connectivity index (χ4n) is 2.82. The third kappa shape index (κ3) is 2.38. The van der Waals surface area contributed by atoms with Gasteiger partial charge in [-0.05, 0) is 26.0 Å². The van der Waals surface area contributed by atoms with Crippen LogP contribution in [-0.2, 0) is 14.8 Å². The smallest absolute Gasteiger partial charge is 0.339 e. The topological polar surface area (TPSA) is 96.4 Å². The predicted octanol–water partition coefficient (Wildman–Crippen LogP) is 2.15. The van der Waals surface area contributed by atoms with Crippen LogP contribution in [0.25, 0.3) is 5.76 Å². The summed E-state index contributed by atoms with van der Waals surface area (Å²) in [4.78, 5) is 17.6. The molecule has 1 aliphatic rings. The molecule has 1 amide bonds. The van der Waals surface area contributed by atoms with Crippen LogP contribution in [0.3, 0.4) is 0 Å². The molecule has 9 heteroatoms. The molecule has 3 rings (SSSR count). The van der Waals surface area contributed by atoms with E-state index in [2.05, 4.69) is 10.3 Å². The molecule has 0 saturated carbocycles. The van der Waals surface area contributed by atoms with E-state index < -0.39 is 19.8 Å². The molecule has 2 heterocycles. The number of aromatic nitrogens is 1. The molecular formula is C16H18N3O4S2+. The lowest BCUT2D eigenvalue weighted by Gasteiger charge is -2.34. The first-order valence-corrected chi connectivity index (χ1v) is 9.87. The number of aryl methyl sites for hydroxylation is 1. The van der Waals surface area contributed by atoms with Crippen molar-refractivity contribution >= 4 is 38.2 Å². The Morgan fingerprint density at radius 1 is 1.36 bits per heavy atom. The van der Waals surface area contributed by atoms with Crippen LogP contribution in [0.1, 0.15) is 17.4 Å². The molecule has 0 saturated heterocycles. The Kier molecular flexibility index (Phi) is 4.18. The maximum atomic E-state index is 13.4. The van der Waals surface area contributed by atoms with Crippen LogP contribution >= 0.6 is 11.3 Å². The van der Waals surface area contributed by atoms with Crippen molar-refractivity contribution in [3.63, 3.8) is 0 Å². The van der Waals surface area contributed by atoms with Gasteiger partial charge in [-0.3, -0.25) is 4.79 Å². The molecule has 1 unspecified atom stereocenters. The Morgan fingerprint density at radius 3 is 2.64 bits per heavy atom. The van der Waals surface area contributed by atoms with Gasteiger partial charge in [-0.15, -0.1) is 3.89 Å². The Labute approximate surface area is 149 Å². The van der Waals surface area contributed by atoms with Gasteiger partial charge in [0.2, 0.25) is 0 Å². The third-order valence-corrected chi connectivity index (χ3v) is 7.50. The van der Waals surface area contributed by atoms with E-state index in [1.165, 1.54) is 30.5 Å². The number of nitrogens with zero attached hydrogens (tertiary/aromatic N) is 2. The average Bonchev–Trinajstić information content (AvgIpc) is 3.01. The first kappa shape index (κ1) is 17.6. The van der Waals surface area contributed by atoms with Crippen LogP contribution in [-0.4, -0.2) is 38.0 Å². The molecule has 0 bridgehead atoms. The molecule has 2 aromatic rings. The van der Waals surface area contributed by atoms with E-state index in [-0.39, 0.29) is 27.0 Å². The molecule has 0 radical (unpaired) electrons. The van der Waals surface area contributed by atoms with Gasteiger partial charge >= 0.3 is 21.1 Å². The molecule has 0 fully saturated rings. The van der Waals surface area contributed by atoms with Gasteiger partial charge in [0.25, 0.3) is 5.70 Å². The number of rotatable bonds is 3.